The minimum atomic E-state index is -4.55. The number of carboxylic acid groups (broad SMARTS) is 1. The van der Waals surface area contributed by atoms with Crippen molar-refractivity contribution in [3.63, 3.8) is 0 Å². The van der Waals surface area contributed by atoms with Gasteiger partial charge in [0.1, 0.15) is 5.57 Å². The number of nitrogens with two attached hydrogens (primary N) is 1. The Kier molecular flexibility index (Phi) is 5.08. The zero-order valence-corrected chi connectivity index (χ0v) is 12.8. The average molecular weight is 358 g/mol. The first kappa shape index (κ1) is 17.7. The molecular formula is C15H11ClF3N3O2. The van der Waals surface area contributed by atoms with Crippen molar-refractivity contribution < 1.29 is 23.1 Å². The summed E-state index contributed by atoms with van der Waals surface area (Å²) in [7, 11) is 0. The first-order valence-corrected chi connectivity index (χ1v) is 6.92. The van der Waals surface area contributed by atoms with Crippen LogP contribution in [-0.4, -0.2) is 21.0 Å². The maximum Gasteiger partial charge on any atom is 0.417 e. The molecule has 2 rings (SSSR count). The number of benzene rings is 1. The Morgan fingerprint density at radius 2 is 1.88 bits per heavy atom. The van der Waals surface area contributed by atoms with Crippen LogP contribution in [-0.2, 0) is 17.4 Å². The van der Waals surface area contributed by atoms with Gasteiger partial charge in [0.2, 0.25) is 0 Å². The average Bonchev–Trinajstić information content (AvgIpc) is 2.50. The van der Waals surface area contributed by atoms with Gasteiger partial charge >= 0.3 is 12.1 Å². The van der Waals surface area contributed by atoms with Crippen molar-refractivity contribution in [2.24, 2.45) is 5.73 Å². The van der Waals surface area contributed by atoms with Crippen LogP contribution in [0.3, 0.4) is 0 Å². The van der Waals surface area contributed by atoms with E-state index in [-0.39, 0.29) is 22.8 Å². The minimum Gasteiger partial charge on any atom is -0.477 e. The lowest BCUT2D eigenvalue weighted by molar-refractivity contribution is -0.137. The molecule has 0 bridgehead atoms. The second-order valence-electron chi connectivity index (χ2n) is 4.79. The fraction of sp³-hybridized carbons (Fsp3) is 0.133. The zero-order valence-electron chi connectivity index (χ0n) is 12.0. The number of hydrogen-bond donors (Lipinski definition) is 2. The van der Waals surface area contributed by atoms with Crippen LogP contribution >= 0.6 is 11.6 Å². The molecule has 1 aromatic carbocycles. The maximum absolute atomic E-state index is 12.8. The third kappa shape index (κ3) is 4.02. The van der Waals surface area contributed by atoms with Crippen molar-refractivity contribution in [2.75, 3.05) is 0 Å². The summed E-state index contributed by atoms with van der Waals surface area (Å²) >= 11 is 5.57. The smallest absolute Gasteiger partial charge is 0.417 e. The van der Waals surface area contributed by atoms with E-state index in [1.54, 1.807) is 0 Å². The van der Waals surface area contributed by atoms with Gasteiger partial charge in [-0.05, 0) is 23.3 Å². The summed E-state index contributed by atoms with van der Waals surface area (Å²) in [5.74, 6) is -1.36. The summed E-state index contributed by atoms with van der Waals surface area (Å²) in [4.78, 5) is 18.7. The third-order valence-corrected chi connectivity index (χ3v) is 3.42. The Labute approximate surface area is 139 Å². The maximum atomic E-state index is 12.8. The molecule has 0 spiro atoms. The van der Waals surface area contributed by atoms with Gasteiger partial charge in [-0.1, -0.05) is 17.7 Å². The van der Waals surface area contributed by atoms with E-state index in [1.807, 2.05) is 0 Å². The highest BCUT2D eigenvalue weighted by Gasteiger charge is 2.33. The van der Waals surface area contributed by atoms with Gasteiger partial charge in [0.15, 0.2) is 5.82 Å². The second-order valence-corrected chi connectivity index (χ2v) is 5.20. The molecule has 5 nitrogen and oxygen atoms in total. The standard InChI is InChI=1S/C15H11ClF3N3O2/c16-12-2-1-8(4-11(12)15(17,18)19)3-9-6-21-13(22-7-9)10(5-20)14(23)24/h1-2,4-7H,3,20H2,(H,23,24)/b10-5+. The van der Waals surface area contributed by atoms with Crippen LogP contribution in [0.4, 0.5) is 13.2 Å². The number of halogens is 4. The van der Waals surface area contributed by atoms with Crippen molar-refractivity contribution in [3.05, 3.63) is 64.3 Å². The molecule has 1 heterocycles. The monoisotopic (exact) mass is 357 g/mol. The summed E-state index contributed by atoms with van der Waals surface area (Å²) in [6.07, 6.45) is -0.884. The molecule has 0 aliphatic heterocycles. The molecule has 2 aromatic rings. The second kappa shape index (κ2) is 6.88. The Morgan fingerprint density at radius 1 is 1.25 bits per heavy atom. The van der Waals surface area contributed by atoms with E-state index in [1.165, 1.54) is 24.5 Å². The van der Waals surface area contributed by atoms with Crippen LogP contribution in [0.1, 0.15) is 22.5 Å². The van der Waals surface area contributed by atoms with Crippen molar-refractivity contribution in [1.29, 1.82) is 0 Å². The van der Waals surface area contributed by atoms with Crippen molar-refractivity contribution in [1.82, 2.24) is 9.97 Å². The van der Waals surface area contributed by atoms with Crippen LogP contribution < -0.4 is 5.73 Å². The molecule has 0 unspecified atom stereocenters. The summed E-state index contributed by atoms with van der Waals surface area (Å²) in [5.41, 5.74) is 4.89. The fourth-order valence-electron chi connectivity index (χ4n) is 1.96. The lowest BCUT2D eigenvalue weighted by Gasteiger charge is -2.11. The molecule has 24 heavy (non-hydrogen) atoms. The molecular weight excluding hydrogens is 347 g/mol. The molecule has 0 fully saturated rings. The van der Waals surface area contributed by atoms with Crippen LogP contribution in [0, 0.1) is 0 Å². The zero-order chi connectivity index (χ0) is 17.9. The number of aliphatic carboxylic acids is 1. The van der Waals surface area contributed by atoms with E-state index < -0.39 is 17.7 Å². The van der Waals surface area contributed by atoms with E-state index >= 15 is 0 Å². The molecule has 1 aromatic heterocycles. The predicted octanol–water partition coefficient (Wildman–Crippen LogP) is 3.12. The molecule has 0 aliphatic rings. The molecule has 0 radical (unpaired) electrons. The molecule has 126 valence electrons. The Bertz CT molecular complexity index is 790. The van der Waals surface area contributed by atoms with Crippen LogP contribution in [0.2, 0.25) is 5.02 Å². The van der Waals surface area contributed by atoms with E-state index in [0.29, 0.717) is 11.1 Å². The SMILES string of the molecule is N/C=C(/C(=O)O)c1ncc(Cc2ccc(Cl)c(C(F)(F)F)c2)cn1. The largest absolute Gasteiger partial charge is 0.477 e. The van der Waals surface area contributed by atoms with Gasteiger partial charge in [0.25, 0.3) is 0 Å². The van der Waals surface area contributed by atoms with Crippen LogP contribution in [0.5, 0.6) is 0 Å². The number of nitrogens with zero attached hydrogens (tertiary/aromatic N) is 2. The topological polar surface area (TPSA) is 89.1 Å². The minimum absolute atomic E-state index is 0.0826. The van der Waals surface area contributed by atoms with E-state index in [4.69, 9.17) is 22.4 Å². The van der Waals surface area contributed by atoms with Crippen molar-refractivity contribution in [3.8, 4) is 0 Å². The van der Waals surface area contributed by atoms with Crippen LogP contribution in [0.25, 0.3) is 5.57 Å². The van der Waals surface area contributed by atoms with Gasteiger partial charge in [-0.25, -0.2) is 14.8 Å². The first-order chi connectivity index (χ1) is 11.2. The quantitative estimate of drug-likeness (QED) is 0.821. The molecule has 0 amide bonds. The van der Waals surface area contributed by atoms with Crippen molar-refractivity contribution >= 4 is 23.1 Å². The molecule has 0 aliphatic carbocycles. The number of alkyl halides is 3. The lowest BCUT2D eigenvalue weighted by Crippen LogP contribution is -2.08. The number of carboxylic acids is 1. The highest BCUT2D eigenvalue weighted by Crippen LogP contribution is 2.35. The van der Waals surface area contributed by atoms with E-state index in [2.05, 4.69) is 9.97 Å². The summed E-state index contributed by atoms with van der Waals surface area (Å²) in [6, 6.07) is 3.60. The van der Waals surface area contributed by atoms with Gasteiger partial charge < -0.3 is 10.8 Å². The summed E-state index contributed by atoms with van der Waals surface area (Å²) in [6.45, 7) is 0. The number of aromatic nitrogens is 2. The lowest BCUT2D eigenvalue weighted by atomic mass is 10.0. The fourth-order valence-corrected chi connectivity index (χ4v) is 2.19. The number of hydrogen-bond acceptors (Lipinski definition) is 4. The number of rotatable bonds is 4. The summed E-state index contributed by atoms with van der Waals surface area (Å²) < 4.78 is 38.5. The Morgan fingerprint density at radius 3 is 2.38 bits per heavy atom. The van der Waals surface area contributed by atoms with E-state index in [0.717, 1.165) is 12.3 Å². The Hall–Kier alpha value is -2.61. The molecule has 3 N–H and O–H groups in total. The van der Waals surface area contributed by atoms with Crippen LogP contribution in [0.15, 0.2) is 36.8 Å². The predicted molar refractivity (Wildman–Crippen MR) is 81.1 cm³/mol. The first-order valence-electron chi connectivity index (χ1n) is 6.54. The third-order valence-electron chi connectivity index (χ3n) is 3.09. The molecule has 0 saturated carbocycles. The van der Waals surface area contributed by atoms with Gasteiger partial charge in [-0.3, -0.25) is 0 Å². The molecule has 9 heteroatoms. The van der Waals surface area contributed by atoms with Gasteiger partial charge in [0, 0.05) is 25.0 Å². The Balaban J connectivity index is 2.25. The van der Waals surface area contributed by atoms with Gasteiger partial charge in [0.05, 0.1) is 10.6 Å². The highest BCUT2D eigenvalue weighted by molar-refractivity contribution is 6.31. The number of carbonyl (C=O) groups is 1. The summed E-state index contributed by atoms with van der Waals surface area (Å²) in [5, 5.41) is 8.54. The van der Waals surface area contributed by atoms with Crippen molar-refractivity contribution in [2.45, 2.75) is 12.6 Å². The van der Waals surface area contributed by atoms with Gasteiger partial charge in [-0.15, -0.1) is 0 Å². The molecule has 0 saturated heterocycles. The normalized spacial score (nSPS) is 12.2. The highest BCUT2D eigenvalue weighted by atomic mass is 35.5. The molecule has 0 atom stereocenters. The van der Waals surface area contributed by atoms with E-state index in [9.17, 15) is 18.0 Å². The van der Waals surface area contributed by atoms with Gasteiger partial charge in [-0.2, -0.15) is 13.2 Å².